The summed E-state index contributed by atoms with van der Waals surface area (Å²) in [6, 6.07) is 0. The molecular weight excluding hydrogens is 275 g/mol. The van der Waals surface area contributed by atoms with Crippen molar-refractivity contribution in [1.29, 1.82) is 0 Å². The summed E-state index contributed by atoms with van der Waals surface area (Å²) in [5.74, 6) is 0. The van der Waals surface area contributed by atoms with Gasteiger partial charge in [-0.15, -0.1) is 0 Å². The monoisotopic (exact) mass is 316 g/mol. The van der Waals surface area contributed by atoms with Gasteiger partial charge in [0.25, 0.3) is 0 Å². The predicted octanol–water partition coefficient (Wildman–Crippen LogP) is 6.94. The van der Waals surface area contributed by atoms with E-state index in [0.29, 0.717) is 6.42 Å². The van der Waals surface area contributed by atoms with Crippen molar-refractivity contribution < 1.29 is 9.13 Å². The minimum atomic E-state index is -1.09. The summed E-state index contributed by atoms with van der Waals surface area (Å²) in [5, 5.41) is 0. The zero-order chi connectivity index (χ0) is 17.7. The third-order valence-electron chi connectivity index (χ3n) is 6.53. The van der Waals surface area contributed by atoms with Crippen molar-refractivity contribution in [3.8, 4) is 0 Å². The maximum atomic E-state index is 14.7. The van der Waals surface area contributed by atoms with Crippen molar-refractivity contribution in [2.75, 3.05) is 7.11 Å². The fourth-order valence-electron chi connectivity index (χ4n) is 3.86. The Labute approximate surface area is 139 Å². The van der Waals surface area contributed by atoms with Crippen molar-refractivity contribution >= 4 is 0 Å². The smallest absolute Gasteiger partial charge is 0.113 e. The van der Waals surface area contributed by atoms with Crippen LogP contribution in [0.4, 0.5) is 4.39 Å². The molecule has 2 unspecified atom stereocenters. The minimum absolute atomic E-state index is 0.0599. The summed E-state index contributed by atoms with van der Waals surface area (Å²) < 4.78 is 20.7. The second kappa shape index (κ2) is 8.13. The average molecular weight is 317 g/mol. The summed E-state index contributed by atoms with van der Waals surface area (Å²) in [6.07, 6.45) is 6.89. The Balaban J connectivity index is 4.87. The van der Waals surface area contributed by atoms with Gasteiger partial charge in [0.05, 0.1) is 5.60 Å². The first-order valence-corrected chi connectivity index (χ1v) is 9.19. The molecule has 2 heteroatoms. The van der Waals surface area contributed by atoms with Crippen LogP contribution in [0.3, 0.4) is 0 Å². The molecule has 0 spiro atoms. The molecule has 0 heterocycles. The fourth-order valence-corrected chi connectivity index (χ4v) is 3.86. The summed E-state index contributed by atoms with van der Waals surface area (Å²) in [4.78, 5) is 0. The second-order valence-corrected chi connectivity index (χ2v) is 8.47. The third-order valence-corrected chi connectivity index (χ3v) is 6.53. The van der Waals surface area contributed by atoms with Crippen LogP contribution in [-0.2, 0) is 4.74 Å². The molecule has 0 fully saturated rings. The van der Waals surface area contributed by atoms with E-state index in [1.54, 1.807) is 6.92 Å². The Morgan fingerprint density at radius 2 is 1.27 bits per heavy atom. The van der Waals surface area contributed by atoms with Gasteiger partial charge in [0.2, 0.25) is 0 Å². The Kier molecular flexibility index (Phi) is 8.09. The molecule has 0 saturated heterocycles. The van der Waals surface area contributed by atoms with Crippen LogP contribution in [0.15, 0.2) is 0 Å². The molecule has 0 radical (unpaired) electrons. The van der Waals surface area contributed by atoms with E-state index in [2.05, 4.69) is 41.5 Å². The number of hydrogen-bond acceptors (Lipinski definition) is 1. The third kappa shape index (κ3) is 4.69. The molecule has 0 aliphatic carbocycles. The van der Waals surface area contributed by atoms with Crippen LogP contribution < -0.4 is 0 Å². The molecule has 2 atom stereocenters. The SMILES string of the molecule is CCCC(CC)(OC)C(C)(C)CCCC(C)(C)C(C)(F)CC. The van der Waals surface area contributed by atoms with E-state index < -0.39 is 5.67 Å². The van der Waals surface area contributed by atoms with Gasteiger partial charge < -0.3 is 4.74 Å². The van der Waals surface area contributed by atoms with Gasteiger partial charge in [0.1, 0.15) is 5.67 Å². The topological polar surface area (TPSA) is 9.23 Å². The van der Waals surface area contributed by atoms with Crippen LogP contribution >= 0.6 is 0 Å². The summed E-state index contributed by atoms with van der Waals surface area (Å²) in [5.41, 5.74) is -1.31. The van der Waals surface area contributed by atoms with Gasteiger partial charge in [-0.1, -0.05) is 61.3 Å². The van der Waals surface area contributed by atoms with Crippen LogP contribution in [0.2, 0.25) is 0 Å². The van der Waals surface area contributed by atoms with Gasteiger partial charge in [-0.3, -0.25) is 0 Å². The molecule has 1 nitrogen and oxygen atoms in total. The first-order valence-electron chi connectivity index (χ1n) is 9.19. The summed E-state index contributed by atoms with van der Waals surface area (Å²) in [6.45, 7) is 16.9. The Morgan fingerprint density at radius 3 is 1.64 bits per heavy atom. The Morgan fingerprint density at radius 1 is 0.773 bits per heavy atom. The molecule has 0 rings (SSSR count). The molecule has 0 aromatic carbocycles. The number of ether oxygens (including phenoxy) is 1. The highest BCUT2D eigenvalue weighted by atomic mass is 19.1. The van der Waals surface area contributed by atoms with Gasteiger partial charge in [0, 0.05) is 7.11 Å². The van der Waals surface area contributed by atoms with E-state index in [0.717, 1.165) is 38.5 Å². The maximum absolute atomic E-state index is 14.7. The van der Waals surface area contributed by atoms with Gasteiger partial charge in [-0.25, -0.2) is 4.39 Å². The first-order chi connectivity index (χ1) is 9.95. The largest absolute Gasteiger partial charge is 0.378 e. The van der Waals surface area contributed by atoms with Crippen LogP contribution in [0.25, 0.3) is 0 Å². The van der Waals surface area contributed by atoms with E-state index in [4.69, 9.17) is 4.74 Å². The van der Waals surface area contributed by atoms with Gasteiger partial charge in [0.15, 0.2) is 0 Å². The lowest BCUT2D eigenvalue weighted by Gasteiger charge is -2.46. The molecule has 0 aliphatic rings. The molecule has 0 aromatic heterocycles. The normalized spacial score (nSPS) is 18.8. The highest BCUT2D eigenvalue weighted by Gasteiger charge is 2.44. The number of halogens is 1. The molecule has 0 aromatic rings. The molecule has 22 heavy (non-hydrogen) atoms. The molecule has 0 aliphatic heterocycles. The van der Waals surface area contributed by atoms with Crippen LogP contribution in [0.1, 0.15) is 100 Å². The summed E-state index contributed by atoms with van der Waals surface area (Å²) in [7, 11) is 1.85. The van der Waals surface area contributed by atoms with E-state index >= 15 is 0 Å². The zero-order valence-corrected chi connectivity index (χ0v) is 16.7. The lowest BCUT2D eigenvalue weighted by molar-refractivity contribution is -0.114. The average Bonchev–Trinajstić information content (AvgIpc) is 2.43. The van der Waals surface area contributed by atoms with E-state index in [1.165, 1.54) is 0 Å². The highest BCUT2D eigenvalue weighted by Crippen LogP contribution is 2.46. The molecule has 134 valence electrons. The molecule has 0 saturated carbocycles. The van der Waals surface area contributed by atoms with E-state index in [9.17, 15) is 4.39 Å². The number of methoxy groups -OCH3 is 1. The standard InChI is InChI=1S/C20H41FO/c1-10-14-20(12-3,22-9)18(6,7)16-13-15-17(4,5)19(8,21)11-2/h10-16H2,1-9H3. The maximum Gasteiger partial charge on any atom is 0.113 e. The summed E-state index contributed by atoms with van der Waals surface area (Å²) >= 11 is 0. The van der Waals surface area contributed by atoms with Crippen molar-refractivity contribution in [3.63, 3.8) is 0 Å². The van der Waals surface area contributed by atoms with Gasteiger partial charge in [-0.2, -0.15) is 0 Å². The molecule has 0 bridgehead atoms. The van der Waals surface area contributed by atoms with Crippen molar-refractivity contribution in [2.45, 2.75) is 112 Å². The van der Waals surface area contributed by atoms with Crippen LogP contribution in [-0.4, -0.2) is 18.4 Å². The highest BCUT2D eigenvalue weighted by molar-refractivity contribution is 4.95. The quantitative estimate of drug-likeness (QED) is 0.401. The van der Waals surface area contributed by atoms with E-state index in [-0.39, 0.29) is 16.4 Å². The number of rotatable bonds is 11. The van der Waals surface area contributed by atoms with Crippen molar-refractivity contribution in [2.24, 2.45) is 10.8 Å². The van der Waals surface area contributed by atoms with Crippen molar-refractivity contribution in [3.05, 3.63) is 0 Å². The predicted molar refractivity (Wildman–Crippen MR) is 96.2 cm³/mol. The fraction of sp³-hybridized carbons (Fsp3) is 1.00. The van der Waals surface area contributed by atoms with E-state index in [1.807, 2.05) is 14.0 Å². The molecule has 0 N–H and O–H groups in total. The Hall–Kier alpha value is -0.110. The van der Waals surface area contributed by atoms with Gasteiger partial charge in [-0.05, 0) is 49.9 Å². The molecule has 0 amide bonds. The number of hydrogen-bond donors (Lipinski definition) is 0. The lowest BCUT2D eigenvalue weighted by atomic mass is 9.66. The minimum Gasteiger partial charge on any atom is -0.378 e. The molecular formula is C20H41FO. The first kappa shape index (κ1) is 21.9. The van der Waals surface area contributed by atoms with Crippen LogP contribution in [0.5, 0.6) is 0 Å². The Bertz CT molecular complexity index is 314. The number of alkyl halides is 1. The van der Waals surface area contributed by atoms with Gasteiger partial charge >= 0.3 is 0 Å². The second-order valence-electron chi connectivity index (χ2n) is 8.47. The van der Waals surface area contributed by atoms with Crippen molar-refractivity contribution in [1.82, 2.24) is 0 Å². The lowest BCUT2D eigenvalue weighted by Crippen LogP contribution is -2.46. The zero-order valence-electron chi connectivity index (χ0n) is 16.7. The van der Waals surface area contributed by atoms with Crippen LogP contribution in [0, 0.1) is 10.8 Å².